The van der Waals surface area contributed by atoms with Crippen molar-refractivity contribution in [3.8, 4) is 0 Å². The third kappa shape index (κ3) is 4.84. The molecule has 0 spiro atoms. The number of rotatable bonds is 6. The van der Waals surface area contributed by atoms with E-state index < -0.39 is 17.8 Å². The maximum atomic E-state index is 13.0. The Kier molecular flexibility index (Phi) is 5.41. The van der Waals surface area contributed by atoms with E-state index in [1.165, 1.54) is 18.2 Å². The lowest BCUT2D eigenvalue weighted by Crippen LogP contribution is -2.28. The third-order valence-corrected chi connectivity index (χ3v) is 3.53. The van der Waals surface area contributed by atoms with Gasteiger partial charge in [-0.3, -0.25) is 9.89 Å². The van der Waals surface area contributed by atoms with E-state index >= 15 is 0 Å². The topological polar surface area (TPSA) is 57.8 Å². The fourth-order valence-corrected chi connectivity index (χ4v) is 2.39. The van der Waals surface area contributed by atoms with Gasteiger partial charge >= 0.3 is 6.18 Å². The summed E-state index contributed by atoms with van der Waals surface area (Å²) in [5, 5.41) is 9.12. The molecular weight excluding hydrogens is 307 g/mol. The predicted octanol–water partition coefficient (Wildman–Crippen LogP) is 3.63. The Morgan fingerprint density at radius 3 is 2.74 bits per heavy atom. The van der Waals surface area contributed by atoms with Gasteiger partial charge in [0.15, 0.2) is 0 Å². The lowest BCUT2D eigenvalue weighted by molar-refractivity contribution is -0.138. The molecule has 124 valence electrons. The van der Waals surface area contributed by atoms with Crippen molar-refractivity contribution in [2.45, 2.75) is 38.4 Å². The van der Waals surface area contributed by atoms with E-state index in [9.17, 15) is 18.0 Å². The van der Waals surface area contributed by atoms with E-state index in [2.05, 4.69) is 15.5 Å². The van der Waals surface area contributed by atoms with Crippen LogP contribution in [-0.4, -0.2) is 16.1 Å². The van der Waals surface area contributed by atoms with E-state index in [0.717, 1.165) is 11.6 Å². The van der Waals surface area contributed by atoms with Crippen molar-refractivity contribution in [2.24, 2.45) is 0 Å². The normalized spacial score (nSPS) is 12.9. The molecule has 1 heterocycles. The largest absolute Gasteiger partial charge is 0.416 e. The molecule has 0 fully saturated rings. The molecule has 1 aromatic carbocycles. The van der Waals surface area contributed by atoms with Gasteiger partial charge in [-0.05, 0) is 37.0 Å². The summed E-state index contributed by atoms with van der Waals surface area (Å²) in [5.41, 5.74) is 0.350. The molecule has 0 aliphatic carbocycles. The number of benzene rings is 1. The van der Waals surface area contributed by atoms with E-state index in [1.54, 1.807) is 19.3 Å². The lowest BCUT2D eigenvalue weighted by atomic mass is 10.0. The number of halogens is 3. The number of nitrogens with one attached hydrogen (secondary N) is 2. The van der Waals surface area contributed by atoms with Gasteiger partial charge in [0.25, 0.3) is 0 Å². The first-order valence-corrected chi connectivity index (χ1v) is 7.31. The Labute approximate surface area is 132 Å². The van der Waals surface area contributed by atoms with Crippen LogP contribution in [0, 0.1) is 0 Å². The molecule has 7 heteroatoms. The van der Waals surface area contributed by atoms with Crippen LogP contribution in [0.4, 0.5) is 13.2 Å². The molecule has 0 radical (unpaired) electrons. The summed E-state index contributed by atoms with van der Waals surface area (Å²) in [5.74, 6) is -0.266. The lowest BCUT2D eigenvalue weighted by Gasteiger charge is -2.19. The zero-order chi connectivity index (χ0) is 16.9. The molecule has 23 heavy (non-hydrogen) atoms. The maximum Gasteiger partial charge on any atom is 0.416 e. The number of aromatic nitrogens is 2. The van der Waals surface area contributed by atoms with Gasteiger partial charge in [-0.15, -0.1) is 0 Å². The molecule has 1 aromatic heterocycles. The van der Waals surface area contributed by atoms with Gasteiger partial charge < -0.3 is 5.32 Å². The van der Waals surface area contributed by atoms with Crippen molar-refractivity contribution in [1.82, 2.24) is 15.5 Å². The van der Waals surface area contributed by atoms with E-state index in [0.29, 0.717) is 12.8 Å². The van der Waals surface area contributed by atoms with Gasteiger partial charge in [-0.2, -0.15) is 18.3 Å². The molecule has 4 nitrogen and oxygen atoms in total. The molecule has 2 rings (SSSR count). The molecule has 0 bridgehead atoms. The van der Waals surface area contributed by atoms with Crippen LogP contribution in [0.3, 0.4) is 0 Å². The Morgan fingerprint density at radius 1 is 1.35 bits per heavy atom. The Balaban J connectivity index is 1.91. The number of hydrogen-bond acceptors (Lipinski definition) is 2. The Morgan fingerprint density at radius 2 is 2.09 bits per heavy atom. The number of carbonyl (C=O) groups excluding carboxylic acids is 1. The summed E-state index contributed by atoms with van der Waals surface area (Å²) in [4.78, 5) is 11.9. The van der Waals surface area contributed by atoms with E-state index in [4.69, 9.17) is 0 Å². The van der Waals surface area contributed by atoms with Crippen molar-refractivity contribution in [3.05, 3.63) is 53.3 Å². The van der Waals surface area contributed by atoms with Crippen LogP contribution in [0.1, 0.15) is 42.5 Å². The molecule has 0 saturated carbocycles. The van der Waals surface area contributed by atoms with Crippen LogP contribution in [0.5, 0.6) is 0 Å². The molecule has 1 amide bonds. The van der Waals surface area contributed by atoms with Crippen LogP contribution in [0.25, 0.3) is 0 Å². The first-order valence-electron chi connectivity index (χ1n) is 7.31. The highest BCUT2D eigenvalue weighted by Gasteiger charge is 2.34. The fraction of sp³-hybridized carbons (Fsp3) is 0.375. The van der Waals surface area contributed by atoms with Crippen LogP contribution in [-0.2, 0) is 17.4 Å². The summed E-state index contributed by atoms with van der Waals surface area (Å²) in [6, 6.07) is 4.59. The number of H-pyrrole nitrogens is 1. The zero-order valence-electron chi connectivity index (χ0n) is 12.7. The summed E-state index contributed by atoms with van der Waals surface area (Å²) < 4.78 is 39.0. The van der Waals surface area contributed by atoms with E-state index in [-0.39, 0.29) is 17.9 Å². The highest BCUT2D eigenvalue weighted by atomic mass is 19.4. The van der Waals surface area contributed by atoms with Crippen molar-refractivity contribution in [2.75, 3.05) is 0 Å². The van der Waals surface area contributed by atoms with Crippen molar-refractivity contribution in [1.29, 1.82) is 0 Å². The highest BCUT2D eigenvalue weighted by Crippen LogP contribution is 2.34. The third-order valence-electron chi connectivity index (χ3n) is 3.53. The molecule has 0 aliphatic rings. The number of nitrogens with zero attached hydrogens (tertiary/aromatic N) is 1. The molecule has 0 aliphatic heterocycles. The number of amides is 1. The van der Waals surface area contributed by atoms with Crippen molar-refractivity contribution in [3.63, 3.8) is 0 Å². The average molecular weight is 325 g/mol. The second-order valence-corrected chi connectivity index (χ2v) is 5.33. The highest BCUT2D eigenvalue weighted by molar-refractivity contribution is 5.76. The monoisotopic (exact) mass is 325 g/mol. The van der Waals surface area contributed by atoms with Gasteiger partial charge in [0, 0.05) is 12.6 Å². The molecule has 2 aromatic rings. The van der Waals surface area contributed by atoms with Crippen LogP contribution in [0.2, 0.25) is 0 Å². The minimum absolute atomic E-state index is 0.0724. The van der Waals surface area contributed by atoms with Crippen LogP contribution in [0.15, 0.2) is 36.7 Å². The van der Waals surface area contributed by atoms with Crippen LogP contribution < -0.4 is 5.32 Å². The van der Waals surface area contributed by atoms with E-state index in [1.807, 2.05) is 0 Å². The number of hydrogen-bond donors (Lipinski definition) is 2. The van der Waals surface area contributed by atoms with Gasteiger partial charge in [0.2, 0.25) is 5.91 Å². The smallest absolute Gasteiger partial charge is 0.350 e. The van der Waals surface area contributed by atoms with Gasteiger partial charge in [-0.25, -0.2) is 0 Å². The second-order valence-electron chi connectivity index (χ2n) is 5.33. The first kappa shape index (κ1) is 17.1. The van der Waals surface area contributed by atoms with Gasteiger partial charge in [0.1, 0.15) is 0 Å². The van der Waals surface area contributed by atoms with Crippen molar-refractivity contribution >= 4 is 5.91 Å². The molecule has 1 atom stereocenters. The number of alkyl halides is 3. The Hall–Kier alpha value is -2.31. The number of aryl methyl sites for hydroxylation is 1. The SMILES string of the molecule is CC(NC(=O)CCCc1cn[nH]c1)c1ccccc1C(F)(F)F. The number of aromatic amines is 1. The molecule has 1 unspecified atom stereocenters. The molecular formula is C16H18F3N3O. The number of carbonyl (C=O) groups is 1. The van der Waals surface area contributed by atoms with Crippen molar-refractivity contribution < 1.29 is 18.0 Å². The zero-order valence-corrected chi connectivity index (χ0v) is 12.7. The summed E-state index contributed by atoms with van der Waals surface area (Å²) in [7, 11) is 0. The Bertz CT molecular complexity index is 638. The maximum absolute atomic E-state index is 13.0. The summed E-state index contributed by atoms with van der Waals surface area (Å²) in [6.45, 7) is 1.55. The minimum Gasteiger partial charge on any atom is -0.350 e. The quantitative estimate of drug-likeness (QED) is 0.852. The summed E-state index contributed by atoms with van der Waals surface area (Å²) >= 11 is 0. The second kappa shape index (κ2) is 7.30. The van der Waals surface area contributed by atoms with Gasteiger partial charge in [0.05, 0.1) is 17.8 Å². The molecule has 2 N–H and O–H groups in total. The van der Waals surface area contributed by atoms with Gasteiger partial charge in [-0.1, -0.05) is 18.2 Å². The summed E-state index contributed by atoms with van der Waals surface area (Å²) in [6.07, 6.45) is 0.553. The first-order chi connectivity index (χ1) is 10.9. The standard InChI is InChI=1S/C16H18F3N3O/c1-11(13-6-2-3-7-14(13)16(17,18)19)22-15(23)8-4-5-12-9-20-21-10-12/h2-3,6-7,9-11H,4-5,8H2,1H3,(H,20,21)(H,22,23). The van der Waals surface area contributed by atoms with Crippen LogP contribution >= 0.6 is 0 Å². The minimum atomic E-state index is -4.43. The predicted molar refractivity (Wildman–Crippen MR) is 79.5 cm³/mol. The average Bonchev–Trinajstić information content (AvgIpc) is 2.99. The fourth-order valence-electron chi connectivity index (χ4n) is 2.39. The molecule has 0 saturated heterocycles.